The molecule has 0 spiro atoms. The van der Waals surface area contributed by atoms with E-state index in [1.165, 1.54) is 11.3 Å². The number of ether oxygens (including phenoxy) is 1. The van der Waals surface area contributed by atoms with Gasteiger partial charge in [-0.3, -0.25) is 14.2 Å². The minimum atomic E-state index is -0.0993. The maximum absolute atomic E-state index is 13.4. The summed E-state index contributed by atoms with van der Waals surface area (Å²) in [6.07, 6.45) is 3.98. The fourth-order valence-corrected chi connectivity index (χ4v) is 5.08. The molecule has 4 rings (SSSR count). The Morgan fingerprint density at radius 2 is 2.00 bits per heavy atom. The Kier molecular flexibility index (Phi) is 5.41. The molecule has 0 bridgehead atoms. The van der Waals surface area contributed by atoms with Crippen LogP contribution < -0.4 is 15.2 Å². The number of thiophene rings is 1. The van der Waals surface area contributed by atoms with Gasteiger partial charge >= 0.3 is 0 Å². The first kappa shape index (κ1) is 19.6. The Bertz CT molecular complexity index is 1120. The maximum Gasteiger partial charge on any atom is 0.268 e. The third kappa shape index (κ3) is 3.44. The van der Waals surface area contributed by atoms with E-state index in [1.54, 1.807) is 12.0 Å². The summed E-state index contributed by atoms with van der Waals surface area (Å²) < 4.78 is 7.02. The van der Waals surface area contributed by atoms with Crippen LogP contribution in [0.25, 0.3) is 10.2 Å². The number of benzene rings is 1. The van der Waals surface area contributed by atoms with E-state index in [4.69, 9.17) is 9.72 Å². The summed E-state index contributed by atoms with van der Waals surface area (Å²) in [6.45, 7) is 5.05. The fourth-order valence-electron chi connectivity index (χ4n) is 3.94. The van der Waals surface area contributed by atoms with E-state index in [2.05, 4.69) is 0 Å². The first-order valence-corrected chi connectivity index (χ1v) is 10.9. The Morgan fingerprint density at radius 3 is 2.69 bits per heavy atom. The minimum absolute atomic E-state index is 0.00723. The highest BCUT2D eigenvalue weighted by Crippen LogP contribution is 2.31. The van der Waals surface area contributed by atoms with Crippen molar-refractivity contribution in [2.24, 2.45) is 0 Å². The summed E-state index contributed by atoms with van der Waals surface area (Å²) in [5.74, 6) is 1.49. The van der Waals surface area contributed by atoms with Crippen molar-refractivity contribution in [1.29, 1.82) is 0 Å². The molecule has 0 unspecified atom stereocenters. The lowest BCUT2D eigenvalue weighted by Crippen LogP contribution is -2.30. The van der Waals surface area contributed by atoms with Crippen molar-refractivity contribution in [2.45, 2.75) is 46.1 Å². The van der Waals surface area contributed by atoms with Crippen LogP contribution in [-0.4, -0.2) is 29.1 Å². The number of aromatic nitrogens is 2. The van der Waals surface area contributed by atoms with Crippen molar-refractivity contribution >= 4 is 33.1 Å². The van der Waals surface area contributed by atoms with Crippen LogP contribution in [-0.2, 0) is 13.0 Å². The van der Waals surface area contributed by atoms with Crippen LogP contribution in [0.3, 0.4) is 0 Å². The number of nitrogens with zero attached hydrogens (tertiary/aromatic N) is 3. The molecule has 2 aromatic heterocycles. The zero-order chi connectivity index (χ0) is 20.5. The highest BCUT2D eigenvalue weighted by molar-refractivity contribution is 7.20. The molecule has 0 radical (unpaired) electrons. The quantitative estimate of drug-likeness (QED) is 0.646. The van der Waals surface area contributed by atoms with Gasteiger partial charge in [0.15, 0.2) is 0 Å². The summed E-state index contributed by atoms with van der Waals surface area (Å²) in [4.78, 5) is 34.3. The highest BCUT2D eigenvalue weighted by atomic mass is 32.1. The van der Waals surface area contributed by atoms with Crippen molar-refractivity contribution < 1.29 is 9.53 Å². The number of aryl methyl sites for hydroxylation is 2. The average molecular weight is 412 g/mol. The van der Waals surface area contributed by atoms with Crippen molar-refractivity contribution in [2.75, 3.05) is 18.6 Å². The maximum atomic E-state index is 13.4. The highest BCUT2D eigenvalue weighted by Gasteiger charge is 2.25. The number of hydrogen-bond acceptors (Lipinski definition) is 5. The van der Waals surface area contributed by atoms with Crippen LogP contribution in [0, 0.1) is 6.92 Å². The standard InChI is InChI=1S/C22H25N3O3S/c1-4-24(15-9-11-16(28-3)12-10-15)22(27)19-14(2)18-20(29-19)23-17-8-6-5-7-13-25(17)21(18)26/h9-12H,4-8,13H2,1-3H3. The molecule has 1 amide bonds. The summed E-state index contributed by atoms with van der Waals surface area (Å²) in [5.41, 5.74) is 1.53. The van der Waals surface area contributed by atoms with Gasteiger partial charge in [0.25, 0.3) is 11.5 Å². The van der Waals surface area contributed by atoms with Gasteiger partial charge in [-0.1, -0.05) is 6.42 Å². The van der Waals surface area contributed by atoms with E-state index in [9.17, 15) is 9.59 Å². The minimum Gasteiger partial charge on any atom is -0.497 e. The molecule has 1 aliphatic rings. The Balaban J connectivity index is 1.78. The van der Waals surface area contributed by atoms with Crippen molar-refractivity contribution in [1.82, 2.24) is 9.55 Å². The predicted molar refractivity (Wildman–Crippen MR) is 117 cm³/mol. The van der Waals surface area contributed by atoms with Crippen LogP contribution >= 0.6 is 11.3 Å². The lowest BCUT2D eigenvalue weighted by Gasteiger charge is -2.21. The third-order valence-electron chi connectivity index (χ3n) is 5.55. The van der Waals surface area contributed by atoms with Gasteiger partial charge < -0.3 is 9.64 Å². The average Bonchev–Trinajstić information content (AvgIpc) is 2.90. The molecule has 0 aliphatic carbocycles. The SMILES string of the molecule is CCN(C(=O)c1sc2nc3n(c(=O)c2c1C)CCCCC3)c1ccc(OC)cc1. The molecule has 3 aromatic rings. The molecule has 0 atom stereocenters. The zero-order valence-electron chi connectivity index (χ0n) is 17.0. The van der Waals surface area contributed by atoms with Crippen molar-refractivity contribution in [3.63, 3.8) is 0 Å². The second-order valence-electron chi connectivity index (χ2n) is 7.28. The molecule has 0 saturated heterocycles. The van der Waals surface area contributed by atoms with Crippen LogP contribution in [0.5, 0.6) is 5.75 Å². The lowest BCUT2D eigenvalue weighted by molar-refractivity contribution is 0.0991. The largest absolute Gasteiger partial charge is 0.497 e. The zero-order valence-corrected chi connectivity index (χ0v) is 17.8. The van der Waals surface area contributed by atoms with Crippen LogP contribution in [0.1, 0.15) is 47.2 Å². The van der Waals surface area contributed by atoms with Crippen LogP contribution in [0.15, 0.2) is 29.1 Å². The molecule has 0 saturated carbocycles. The number of carbonyl (C=O) groups excluding carboxylic acids is 1. The number of fused-ring (bicyclic) bond motifs is 2. The molecular formula is C22H25N3O3S. The van der Waals surface area contributed by atoms with Gasteiger partial charge in [-0.2, -0.15) is 0 Å². The molecule has 6 nitrogen and oxygen atoms in total. The predicted octanol–water partition coefficient (Wildman–Crippen LogP) is 4.17. The topological polar surface area (TPSA) is 64.4 Å². The first-order chi connectivity index (χ1) is 14.0. The second-order valence-corrected chi connectivity index (χ2v) is 8.28. The number of rotatable bonds is 4. The van der Waals surface area contributed by atoms with Gasteiger partial charge in [0.2, 0.25) is 0 Å². The molecular weight excluding hydrogens is 386 g/mol. The number of hydrogen-bond donors (Lipinski definition) is 0. The van der Waals surface area contributed by atoms with Crippen molar-refractivity contribution in [3.8, 4) is 5.75 Å². The van der Waals surface area contributed by atoms with Crippen molar-refractivity contribution in [3.05, 3.63) is 50.9 Å². The molecule has 0 fully saturated rings. The monoisotopic (exact) mass is 411 g/mol. The normalized spacial score (nSPS) is 13.8. The number of carbonyl (C=O) groups is 1. The summed E-state index contributed by atoms with van der Waals surface area (Å²) >= 11 is 1.33. The van der Waals surface area contributed by atoms with Crippen LogP contribution in [0.4, 0.5) is 5.69 Å². The van der Waals surface area contributed by atoms with E-state index in [1.807, 2.05) is 42.7 Å². The number of methoxy groups -OCH3 is 1. The van der Waals surface area contributed by atoms with Gasteiger partial charge in [-0.25, -0.2) is 4.98 Å². The molecule has 29 heavy (non-hydrogen) atoms. The van der Waals surface area contributed by atoms with E-state index >= 15 is 0 Å². The summed E-state index contributed by atoms with van der Waals surface area (Å²) in [7, 11) is 1.62. The summed E-state index contributed by atoms with van der Waals surface area (Å²) in [5, 5.41) is 0.592. The Morgan fingerprint density at radius 1 is 1.24 bits per heavy atom. The fraction of sp³-hybridized carbons (Fsp3) is 0.409. The molecule has 7 heteroatoms. The Hall–Kier alpha value is -2.67. The first-order valence-electron chi connectivity index (χ1n) is 10.0. The lowest BCUT2D eigenvalue weighted by atomic mass is 10.2. The van der Waals surface area contributed by atoms with Crippen LogP contribution in [0.2, 0.25) is 0 Å². The molecule has 152 valence electrons. The number of anilines is 1. The Labute approximate surface area is 173 Å². The summed E-state index contributed by atoms with van der Waals surface area (Å²) in [6, 6.07) is 7.43. The van der Waals surface area contributed by atoms with E-state index in [-0.39, 0.29) is 11.5 Å². The molecule has 0 N–H and O–H groups in total. The van der Waals surface area contributed by atoms with E-state index < -0.39 is 0 Å². The van der Waals surface area contributed by atoms with Gasteiger partial charge in [-0.15, -0.1) is 11.3 Å². The molecule has 1 aliphatic heterocycles. The molecule has 3 heterocycles. The second kappa shape index (κ2) is 7.99. The number of amides is 1. The smallest absolute Gasteiger partial charge is 0.268 e. The van der Waals surface area contributed by atoms with Gasteiger partial charge in [0.05, 0.1) is 17.4 Å². The molecule has 1 aromatic carbocycles. The van der Waals surface area contributed by atoms with E-state index in [0.717, 1.165) is 48.5 Å². The van der Waals surface area contributed by atoms with Gasteiger partial charge in [0, 0.05) is 25.2 Å². The van der Waals surface area contributed by atoms with Gasteiger partial charge in [-0.05, 0) is 56.5 Å². The third-order valence-corrected chi connectivity index (χ3v) is 6.72. The van der Waals surface area contributed by atoms with E-state index in [0.29, 0.717) is 28.2 Å². The van der Waals surface area contributed by atoms with Gasteiger partial charge in [0.1, 0.15) is 16.4 Å².